The van der Waals surface area contributed by atoms with Crippen molar-refractivity contribution in [3.05, 3.63) is 35.4 Å². The minimum absolute atomic E-state index is 0.417. The highest BCUT2D eigenvalue weighted by Gasteiger charge is 2.18. The van der Waals surface area contributed by atoms with Crippen LogP contribution in [0.5, 0.6) is 0 Å². The fraction of sp³-hybridized carbons (Fsp3) is 0.829. The van der Waals surface area contributed by atoms with Crippen LogP contribution in [0.15, 0.2) is 24.3 Å². The lowest BCUT2D eigenvalue weighted by Gasteiger charge is -2.25. The van der Waals surface area contributed by atoms with Crippen LogP contribution in [0.3, 0.4) is 0 Å². The quantitative estimate of drug-likeness (QED) is 0.422. The molecule has 1 nitrogen and oxygen atoms in total. The van der Waals surface area contributed by atoms with Gasteiger partial charge in [-0.1, -0.05) is 157 Å². The maximum atomic E-state index is 8.69. The first-order valence-electron chi connectivity index (χ1n) is 16.4. The molecular weight excluding hydrogens is 436 g/mol. The Hall–Kier alpha value is -0.820. The Labute approximate surface area is 229 Å². The van der Waals surface area contributed by atoms with Gasteiger partial charge in [-0.2, -0.15) is 0 Å². The van der Waals surface area contributed by atoms with E-state index >= 15 is 0 Å². The molecular formula is C35H68O. The lowest BCUT2D eigenvalue weighted by Crippen LogP contribution is -2.09. The van der Waals surface area contributed by atoms with Crippen LogP contribution < -0.4 is 0 Å². The molecule has 0 aromatic heterocycles. The molecule has 1 N–H and O–H groups in total. The lowest BCUT2D eigenvalue weighted by atomic mass is 9.80. The first-order valence-corrected chi connectivity index (χ1v) is 16.4. The van der Waals surface area contributed by atoms with E-state index in [-0.39, 0.29) is 0 Å². The number of hydrogen-bond donors (Lipinski definition) is 1. The molecule has 3 saturated carbocycles. The largest absolute Gasteiger partial charge is 0.396 e. The fourth-order valence-corrected chi connectivity index (χ4v) is 4.95. The van der Waals surface area contributed by atoms with Crippen LogP contribution in [0, 0.1) is 11.8 Å². The summed E-state index contributed by atoms with van der Waals surface area (Å²) in [5, 5.41) is 8.69. The summed E-state index contributed by atoms with van der Waals surface area (Å²) in [4.78, 5) is 0. The van der Waals surface area contributed by atoms with Gasteiger partial charge in [-0.05, 0) is 61.0 Å². The Balaban J connectivity index is 0. The predicted molar refractivity (Wildman–Crippen MR) is 166 cm³/mol. The van der Waals surface area contributed by atoms with Gasteiger partial charge < -0.3 is 5.11 Å². The molecule has 3 aliphatic rings. The second-order valence-corrected chi connectivity index (χ2v) is 10.4. The van der Waals surface area contributed by atoms with Crippen molar-refractivity contribution in [3.8, 4) is 0 Å². The highest BCUT2D eigenvalue weighted by atomic mass is 16.3. The SMILES string of the molecule is CC.CC.CCC.CCC1CCCCC1.CCCc1ccc(C2CCC2)cc1.OCC1CCCCC1. The van der Waals surface area contributed by atoms with Crippen molar-refractivity contribution in [3.63, 3.8) is 0 Å². The van der Waals surface area contributed by atoms with E-state index in [0.717, 1.165) is 11.8 Å². The average Bonchev–Trinajstić information content (AvgIpc) is 2.93. The smallest absolute Gasteiger partial charge is 0.0459 e. The first-order chi connectivity index (χ1) is 17.7. The molecule has 0 radical (unpaired) electrons. The van der Waals surface area contributed by atoms with Crippen molar-refractivity contribution >= 4 is 0 Å². The third kappa shape index (κ3) is 19.3. The van der Waals surface area contributed by atoms with Gasteiger partial charge in [0.25, 0.3) is 0 Å². The third-order valence-corrected chi connectivity index (χ3v) is 7.38. The van der Waals surface area contributed by atoms with Gasteiger partial charge in [-0.15, -0.1) is 0 Å². The van der Waals surface area contributed by atoms with Gasteiger partial charge in [0.2, 0.25) is 0 Å². The molecule has 0 saturated heterocycles. The maximum Gasteiger partial charge on any atom is 0.0459 e. The monoisotopic (exact) mass is 505 g/mol. The van der Waals surface area contributed by atoms with E-state index in [2.05, 4.69) is 52.0 Å². The maximum absolute atomic E-state index is 8.69. The number of aliphatic hydroxyl groups is 1. The zero-order chi connectivity index (χ0) is 27.4. The Bertz CT molecular complexity index is 486. The summed E-state index contributed by atoms with van der Waals surface area (Å²) >= 11 is 0. The van der Waals surface area contributed by atoms with Crippen LogP contribution in [0.4, 0.5) is 0 Å². The van der Waals surface area contributed by atoms with Crippen LogP contribution in [0.25, 0.3) is 0 Å². The van der Waals surface area contributed by atoms with Crippen molar-refractivity contribution in [1.29, 1.82) is 0 Å². The van der Waals surface area contributed by atoms with Gasteiger partial charge in [0.15, 0.2) is 0 Å². The molecule has 0 bridgehead atoms. The number of benzene rings is 1. The molecule has 0 heterocycles. The minimum atomic E-state index is 0.417. The summed E-state index contributed by atoms with van der Waals surface area (Å²) in [5.74, 6) is 2.61. The van der Waals surface area contributed by atoms with Gasteiger partial charge >= 0.3 is 0 Å². The predicted octanol–water partition coefficient (Wildman–Crippen LogP) is 11.9. The molecule has 3 aliphatic carbocycles. The van der Waals surface area contributed by atoms with Gasteiger partial charge in [0.1, 0.15) is 0 Å². The van der Waals surface area contributed by atoms with Crippen LogP contribution in [-0.4, -0.2) is 11.7 Å². The Morgan fingerprint density at radius 1 is 0.611 bits per heavy atom. The standard InChI is InChI=1S/C13H18.C8H16.C7H14O.C3H8.2C2H6/c1-2-4-11-7-9-13(10-8-11)12-5-3-6-12;1-2-8-6-4-3-5-7-8;8-6-7-4-2-1-3-5-7;1-3-2;2*1-2/h7-10,12H,2-6H2,1H3;8H,2-7H2,1H3;7-8H,1-6H2;3H2,1-2H3;2*1-2H3. The Kier molecular flexibility index (Phi) is 29.8. The van der Waals surface area contributed by atoms with Gasteiger partial charge in [0, 0.05) is 6.61 Å². The Morgan fingerprint density at radius 3 is 1.33 bits per heavy atom. The molecule has 1 aromatic carbocycles. The van der Waals surface area contributed by atoms with Crippen LogP contribution in [0.2, 0.25) is 0 Å². The zero-order valence-electron chi connectivity index (χ0n) is 26.2. The average molecular weight is 505 g/mol. The fourth-order valence-electron chi connectivity index (χ4n) is 4.95. The van der Waals surface area contributed by atoms with Crippen molar-refractivity contribution in [1.82, 2.24) is 0 Å². The van der Waals surface area contributed by atoms with Crippen molar-refractivity contribution in [2.75, 3.05) is 6.61 Å². The molecule has 0 amide bonds. The molecule has 1 heteroatoms. The van der Waals surface area contributed by atoms with E-state index in [0.29, 0.717) is 12.5 Å². The highest BCUT2D eigenvalue weighted by molar-refractivity contribution is 5.26. The topological polar surface area (TPSA) is 20.2 Å². The summed E-state index contributed by atoms with van der Waals surface area (Å²) in [6.45, 7) is 17.2. The summed E-state index contributed by atoms with van der Waals surface area (Å²) in [6, 6.07) is 9.26. The molecule has 3 fully saturated rings. The van der Waals surface area contributed by atoms with Crippen LogP contribution in [-0.2, 0) is 6.42 Å². The highest BCUT2D eigenvalue weighted by Crippen LogP contribution is 2.36. The molecule has 0 aliphatic heterocycles. The van der Waals surface area contributed by atoms with Crippen LogP contribution in [0.1, 0.15) is 175 Å². The normalized spacial score (nSPS) is 17.5. The number of aliphatic hydroxyl groups excluding tert-OH is 1. The number of hydrogen-bond acceptors (Lipinski definition) is 1. The molecule has 36 heavy (non-hydrogen) atoms. The lowest BCUT2D eigenvalue weighted by molar-refractivity contribution is 0.190. The van der Waals surface area contributed by atoms with E-state index in [4.69, 9.17) is 5.11 Å². The van der Waals surface area contributed by atoms with E-state index in [1.165, 1.54) is 115 Å². The molecule has 0 atom stereocenters. The molecule has 0 spiro atoms. The minimum Gasteiger partial charge on any atom is -0.396 e. The van der Waals surface area contributed by atoms with Gasteiger partial charge in [0.05, 0.1) is 0 Å². The molecule has 214 valence electrons. The van der Waals surface area contributed by atoms with E-state index in [1.54, 1.807) is 5.56 Å². The first kappa shape index (κ1) is 37.3. The number of aryl methyl sites for hydroxylation is 1. The van der Waals surface area contributed by atoms with Crippen molar-refractivity contribution < 1.29 is 5.11 Å². The Morgan fingerprint density at radius 2 is 1.06 bits per heavy atom. The van der Waals surface area contributed by atoms with Crippen molar-refractivity contribution in [2.24, 2.45) is 11.8 Å². The zero-order valence-corrected chi connectivity index (χ0v) is 26.2. The van der Waals surface area contributed by atoms with E-state index in [1.807, 2.05) is 27.7 Å². The molecule has 4 rings (SSSR count). The summed E-state index contributed by atoms with van der Waals surface area (Å²) in [6.07, 6.45) is 23.5. The van der Waals surface area contributed by atoms with Crippen LogP contribution >= 0.6 is 0 Å². The van der Waals surface area contributed by atoms with Gasteiger partial charge in [-0.25, -0.2) is 0 Å². The second kappa shape index (κ2) is 28.7. The van der Waals surface area contributed by atoms with Gasteiger partial charge in [-0.3, -0.25) is 0 Å². The van der Waals surface area contributed by atoms with Crippen molar-refractivity contribution in [2.45, 2.75) is 170 Å². The number of rotatable bonds is 5. The molecule has 0 unspecified atom stereocenters. The van der Waals surface area contributed by atoms with E-state index in [9.17, 15) is 0 Å². The molecule has 1 aromatic rings. The summed E-state index contributed by atoms with van der Waals surface area (Å²) in [5.41, 5.74) is 3.05. The van der Waals surface area contributed by atoms with E-state index < -0.39 is 0 Å². The summed E-state index contributed by atoms with van der Waals surface area (Å²) < 4.78 is 0. The second-order valence-electron chi connectivity index (χ2n) is 10.4. The third-order valence-electron chi connectivity index (χ3n) is 7.38. The summed E-state index contributed by atoms with van der Waals surface area (Å²) in [7, 11) is 0.